The fourth-order valence-corrected chi connectivity index (χ4v) is 3.25. The molecule has 0 unspecified atom stereocenters. The number of aryl methyl sites for hydroxylation is 1. The van der Waals surface area contributed by atoms with E-state index in [4.69, 9.17) is 5.73 Å². The molecule has 3 aromatic rings. The number of nitrogens with zero attached hydrogens (tertiary/aromatic N) is 5. The number of aromatic nitrogens is 4. The SMILES string of the molecule is CCc1cc(N2Cc3ccccc3C[C@@H]2C(N)=O)n2ncnc2n1. The second kappa shape index (κ2) is 5.59. The highest BCUT2D eigenvalue weighted by Crippen LogP contribution is 2.29. The summed E-state index contributed by atoms with van der Waals surface area (Å²) in [5.74, 6) is 0.992. The van der Waals surface area contributed by atoms with E-state index in [2.05, 4.69) is 27.2 Å². The van der Waals surface area contributed by atoms with Crippen LogP contribution < -0.4 is 10.6 Å². The predicted octanol–water partition coefficient (Wildman–Crippen LogP) is 1.10. The number of amides is 1. The molecule has 2 N–H and O–H groups in total. The second-order valence-corrected chi connectivity index (χ2v) is 5.95. The highest BCUT2D eigenvalue weighted by atomic mass is 16.1. The van der Waals surface area contributed by atoms with Gasteiger partial charge in [-0.05, 0) is 17.5 Å². The third-order valence-electron chi connectivity index (χ3n) is 4.52. The van der Waals surface area contributed by atoms with Crippen LogP contribution in [0, 0.1) is 0 Å². The predicted molar refractivity (Wildman–Crippen MR) is 89.5 cm³/mol. The summed E-state index contributed by atoms with van der Waals surface area (Å²) in [6.07, 6.45) is 2.84. The first-order valence-corrected chi connectivity index (χ1v) is 7.99. The Morgan fingerprint density at radius 1 is 1.33 bits per heavy atom. The van der Waals surface area contributed by atoms with E-state index in [1.54, 1.807) is 4.52 Å². The third kappa shape index (κ3) is 2.29. The molecule has 1 aliphatic rings. The van der Waals surface area contributed by atoms with Crippen molar-refractivity contribution in [3.05, 3.63) is 53.5 Å². The third-order valence-corrected chi connectivity index (χ3v) is 4.52. The molecule has 1 aliphatic heterocycles. The molecule has 0 radical (unpaired) electrons. The summed E-state index contributed by atoms with van der Waals surface area (Å²) in [4.78, 5) is 22.8. The van der Waals surface area contributed by atoms with Crippen LogP contribution in [0.5, 0.6) is 0 Å². The van der Waals surface area contributed by atoms with E-state index in [9.17, 15) is 4.79 Å². The van der Waals surface area contributed by atoms with Crippen molar-refractivity contribution >= 4 is 17.5 Å². The zero-order valence-corrected chi connectivity index (χ0v) is 13.4. The molecule has 1 atom stereocenters. The molecule has 24 heavy (non-hydrogen) atoms. The molecular weight excluding hydrogens is 304 g/mol. The first kappa shape index (κ1) is 14.6. The molecule has 0 fully saturated rings. The molecule has 7 heteroatoms. The van der Waals surface area contributed by atoms with E-state index in [1.165, 1.54) is 11.9 Å². The van der Waals surface area contributed by atoms with Gasteiger partial charge in [-0.3, -0.25) is 4.79 Å². The second-order valence-electron chi connectivity index (χ2n) is 5.95. The van der Waals surface area contributed by atoms with Gasteiger partial charge in [0, 0.05) is 24.7 Å². The Morgan fingerprint density at radius 3 is 2.88 bits per heavy atom. The fourth-order valence-electron chi connectivity index (χ4n) is 3.25. The molecule has 122 valence electrons. The Bertz CT molecular complexity index is 918. The molecule has 0 saturated heterocycles. The molecular formula is C17H18N6O. The van der Waals surface area contributed by atoms with Gasteiger partial charge in [0.25, 0.3) is 5.78 Å². The number of hydrogen-bond donors (Lipinski definition) is 1. The number of nitrogens with two attached hydrogens (primary N) is 1. The van der Waals surface area contributed by atoms with Gasteiger partial charge in [-0.2, -0.15) is 14.6 Å². The summed E-state index contributed by atoms with van der Waals surface area (Å²) in [5.41, 5.74) is 8.97. The minimum atomic E-state index is -0.417. The van der Waals surface area contributed by atoms with E-state index in [-0.39, 0.29) is 5.91 Å². The lowest BCUT2D eigenvalue weighted by molar-refractivity contribution is -0.119. The number of benzene rings is 1. The van der Waals surface area contributed by atoms with Gasteiger partial charge in [-0.1, -0.05) is 31.2 Å². The number of hydrogen-bond acceptors (Lipinski definition) is 5. The van der Waals surface area contributed by atoms with Crippen molar-refractivity contribution in [2.75, 3.05) is 4.90 Å². The highest BCUT2D eigenvalue weighted by molar-refractivity contribution is 5.84. The van der Waals surface area contributed by atoms with E-state index < -0.39 is 6.04 Å². The molecule has 1 amide bonds. The molecule has 1 aromatic carbocycles. The highest BCUT2D eigenvalue weighted by Gasteiger charge is 2.32. The van der Waals surface area contributed by atoms with E-state index >= 15 is 0 Å². The smallest absolute Gasteiger partial charge is 0.254 e. The topological polar surface area (TPSA) is 89.4 Å². The van der Waals surface area contributed by atoms with Gasteiger partial charge in [-0.15, -0.1) is 0 Å². The molecule has 0 bridgehead atoms. The summed E-state index contributed by atoms with van der Waals surface area (Å²) >= 11 is 0. The van der Waals surface area contributed by atoms with Crippen molar-refractivity contribution in [1.29, 1.82) is 0 Å². The summed E-state index contributed by atoms with van der Waals surface area (Å²) in [6, 6.07) is 9.68. The van der Waals surface area contributed by atoms with Gasteiger partial charge in [0.1, 0.15) is 18.2 Å². The number of anilines is 1. The average molecular weight is 322 g/mol. The van der Waals surface area contributed by atoms with Crippen molar-refractivity contribution in [1.82, 2.24) is 19.6 Å². The van der Waals surface area contributed by atoms with Gasteiger partial charge < -0.3 is 10.6 Å². The maximum absolute atomic E-state index is 12.1. The zero-order valence-electron chi connectivity index (χ0n) is 13.4. The van der Waals surface area contributed by atoms with E-state index in [1.807, 2.05) is 30.0 Å². The Kier molecular flexibility index (Phi) is 3.41. The van der Waals surface area contributed by atoms with Crippen molar-refractivity contribution in [2.24, 2.45) is 5.73 Å². The standard InChI is InChI=1S/C17H18N6O/c1-2-13-8-15(23-17(21-13)19-10-20-23)22-9-12-6-4-3-5-11(12)7-14(22)16(18)24/h3-6,8,10,14H,2,7,9H2,1H3,(H2,18,24)/t14-/m1/s1. The quantitative estimate of drug-likeness (QED) is 0.780. The maximum atomic E-state index is 12.1. The summed E-state index contributed by atoms with van der Waals surface area (Å²) in [5, 5.41) is 4.27. The Hall–Kier alpha value is -2.96. The van der Waals surface area contributed by atoms with Crippen LogP contribution in [-0.4, -0.2) is 31.5 Å². The van der Waals surface area contributed by atoms with Crippen LogP contribution in [0.3, 0.4) is 0 Å². The molecule has 7 nitrogen and oxygen atoms in total. The van der Waals surface area contributed by atoms with Gasteiger partial charge in [0.05, 0.1) is 0 Å². The molecule has 0 spiro atoms. The minimum absolute atomic E-state index is 0.340. The molecule has 3 heterocycles. The van der Waals surface area contributed by atoms with Crippen LogP contribution in [0.25, 0.3) is 5.78 Å². The maximum Gasteiger partial charge on any atom is 0.254 e. The summed E-state index contributed by atoms with van der Waals surface area (Å²) in [6.45, 7) is 2.64. The fraction of sp³-hybridized carbons (Fsp3) is 0.294. The summed E-state index contributed by atoms with van der Waals surface area (Å²) in [7, 11) is 0. The van der Waals surface area contributed by atoms with E-state index in [0.717, 1.165) is 23.5 Å². The van der Waals surface area contributed by atoms with Crippen LogP contribution in [0.15, 0.2) is 36.7 Å². The molecule has 0 saturated carbocycles. The van der Waals surface area contributed by atoms with Crippen LogP contribution in [0.2, 0.25) is 0 Å². The van der Waals surface area contributed by atoms with Crippen LogP contribution >= 0.6 is 0 Å². The van der Waals surface area contributed by atoms with Gasteiger partial charge in [0.15, 0.2) is 0 Å². The molecule has 0 aliphatic carbocycles. The Balaban J connectivity index is 1.88. The van der Waals surface area contributed by atoms with Gasteiger partial charge in [-0.25, -0.2) is 4.98 Å². The number of rotatable bonds is 3. The first-order chi connectivity index (χ1) is 11.7. The normalized spacial score (nSPS) is 17.0. The van der Waals surface area contributed by atoms with Gasteiger partial charge >= 0.3 is 0 Å². The van der Waals surface area contributed by atoms with Crippen LogP contribution in [0.1, 0.15) is 23.7 Å². The zero-order chi connectivity index (χ0) is 16.7. The van der Waals surface area contributed by atoms with Crippen LogP contribution in [0.4, 0.5) is 5.82 Å². The summed E-state index contributed by atoms with van der Waals surface area (Å²) < 4.78 is 1.67. The van der Waals surface area contributed by atoms with E-state index in [0.29, 0.717) is 18.7 Å². The number of primary amides is 1. The lowest BCUT2D eigenvalue weighted by Crippen LogP contribution is -2.49. The van der Waals surface area contributed by atoms with Crippen molar-refractivity contribution in [2.45, 2.75) is 32.4 Å². The minimum Gasteiger partial charge on any atom is -0.368 e. The van der Waals surface area contributed by atoms with Gasteiger partial charge in [0.2, 0.25) is 5.91 Å². The lowest BCUT2D eigenvalue weighted by atomic mass is 9.93. The van der Waals surface area contributed by atoms with Crippen LogP contribution in [-0.2, 0) is 24.2 Å². The van der Waals surface area contributed by atoms with Crippen molar-refractivity contribution in [3.63, 3.8) is 0 Å². The molecule has 2 aromatic heterocycles. The van der Waals surface area contributed by atoms with Crippen molar-refractivity contribution in [3.8, 4) is 0 Å². The Labute approximate surface area is 139 Å². The lowest BCUT2D eigenvalue weighted by Gasteiger charge is -2.36. The number of fused-ring (bicyclic) bond motifs is 2. The number of carbonyl (C=O) groups is 1. The number of carbonyl (C=O) groups excluding carboxylic acids is 1. The monoisotopic (exact) mass is 322 g/mol. The average Bonchev–Trinajstić information content (AvgIpc) is 3.08. The Morgan fingerprint density at radius 2 is 2.12 bits per heavy atom. The first-order valence-electron chi connectivity index (χ1n) is 7.99. The molecule has 4 rings (SSSR count). The van der Waals surface area contributed by atoms with Crippen molar-refractivity contribution < 1.29 is 4.79 Å². The largest absolute Gasteiger partial charge is 0.368 e.